The number of hydrogen-bond acceptors (Lipinski definition) is 2. The van der Waals surface area contributed by atoms with Crippen molar-refractivity contribution in [3.05, 3.63) is 33.8 Å². The normalized spacial score (nSPS) is 18.9. The highest BCUT2D eigenvalue weighted by Crippen LogP contribution is 2.26. The number of urea groups is 1. The van der Waals surface area contributed by atoms with E-state index >= 15 is 0 Å². The largest absolute Gasteiger partial charge is 0.357 e. The molecule has 0 aromatic heterocycles. The minimum Gasteiger partial charge on any atom is -0.357 e. The second-order valence-electron chi connectivity index (χ2n) is 5.30. The summed E-state index contributed by atoms with van der Waals surface area (Å²) >= 11 is 12.0. The first-order valence-electron chi connectivity index (χ1n) is 7.17. The van der Waals surface area contributed by atoms with Gasteiger partial charge >= 0.3 is 6.03 Å². The Morgan fingerprint density at radius 2 is 2.09 bits per heavy atom. The summed E-state index contributed by atoms with van der Waals surface area (Å²) in [6.07, 6.45) is 1.50. The predicted molar refractivity (Wildman–Crippen MR) is 87.2 cm³/mol. The number of nitrogens with zero attached hydrogens (tertiary/aromatic N) is 1. The van der Waals surface area contributed by atoms with Crippen molar-refractivity contribution in [2.45, 2.75) is 31.8 Å². The van der Waals surface area contributed by atoms with Gasteiger partial charge in [0.25, 0.3) is 0 Å². The predicted octanol–water partition coefficient (Wildman–Crippen LogP) is 2.97. The van der Waals surface area contributed by atoms with Crippen LogP contribution >= 0.6 is 23.2 Å². The lowest BCUT2D eigenvalue weighted by Crippen LogP contribution is -2.49. The highest BCUT2D eigenvalue weighted by atomic mass is 35.5. The number of halogens is 2. The van der Waals surface area contributed by atoms with Crippen molar-refractivity contribution in [1.29, 1.82) is 0 Å². The van der Waals surface area contributed by atoms with Gasteiger partial charge in [-0.15, -0.1) is 0 Å². The minimum atomic E-state index is -0.405. The first kappa shape index (κ1) is 16.9. The highest BCUT2D eigenvalue weighted by Gasteiger charge is 2.34. The molecule has 7 heteroatoms. The smallest absolute Gasteiger partial charge is 0.318 e. The van der Waals surface area contributed by atoms with E-state index in [1.54, 1.807) is 30.1 Å². The molecule has 1 aromatic rings. The summed E-state index contributed by atoms with van der Waals surface area (Å²) in [6.45, 7) is 2.42. The number of likely N-dealkylation sites (tertiary alicyclic amines) is 1. The van der Waals surface area contributed by atoms with Crippen LogP contribution in [0.25, 0.3) is 0 Å². The summed E-state index contributed by atoms with van der Waals surface area (Å²) in [5.74, 6) is -0.134. The van der Waals surface area contributed by atoms with E-state index in [0.29, 0.717) is 23.0 Å². The number of amides is 3. The third-order valence-corrected chi connectivity index (χ3v) is 4.39. The third kappa shape index (κ3) is 3.65. The standard InChI is InChI=1S/C15H19Cl2N3O2/c1-9(11-6-5-10(16)8-12(11)17)19-15(22)20-7-3-4-13(20)14(21)18-2/h5-6,8-9,13H,3-4,7H2,1-2H3,(H,18,21)(H,19,22)/t9-,13+/m1/s1. The summed E-state index contributed by atoms with van der Waals surface area (Å²) in [4.78, 5) is 25.8. The number of carbonyl (C=O) groups excluding carboxylic acids is 2. The Labute approximate surface area is 139 Å². The highest BCUT2D eigenvalue weighted by molar-refractivity contribution is 6.35. The lowest BCUT2D eigenvalue weighted by molar-refractivity contribution is -0.124. The molecule has 1 saturated heterocycles. The Morgan fingerprint density at radius 1 is 1.36 bits per heavy atom. The summed E-state index contributed by atoms with van der Waals surface area (Å²) < 4.78 is 0. The molecule has 1 aliphatic rings. The molecule has 2 rings (SSSR count). The first-order valence-corrected chi connectivity index (χ1v) is 7.93. The fraction of sp³-hybridized carbons (Fsp3) is 0.467. The summed E-state index contributed by atoms with van der Waals surface area (Å²) in [7, 11) is 1.58. The zero-order chi connectivity index (χ0) is 16.3. The first-order chi connectivity index (χ1) is 10.4. The summed E-state index contributed by atoms with van der Waals surface area (Å²) in [5, 5.41) is 6.53. The van der Waals surface area contributed by atoms with Gasteiger partial charge in [0.05, 0.1) is 6.04 Å². The van der Waals surface area contributed by atoms with E-state index < -0.39 is 6.04 Å². The van der Waals surface area contributed by atoms with Crippen LogP contribution < -0.4 is 10.6 Å². The van der Waals surface area contributed by atoms with Crippen LogP contribution in [-0.4, -0.2) is 36.5 Å². The minimum absolute atomic E-state index is 0.134. The molecule has 0 bridgehead atoms. The van der Waals surface area contributed by atoms with Crippen LogP contribution in [0, 0.1) is 0 Å². The summed E-state index contributed by atoms with van der Waals surface area (Å²) in [5.41, 5.74) is 0.787. The van der Waals surface area contributed by atoms with E-state index in [1.165, 1.54) is 0 Å². The maximum atomic E-state index is 12.4. The van der Waals surface area contributed by atoms with Gasteiger partial charge in [-0.25, -0.2) is 4.79 Å². The number of hydrogen-bond donors (Lipinski definition) is 2. The van der Waals surface area contributed by atoms with Gasteiger partial charge in [-0.1, -0.05) is 29.3 Å². The van der Waals surface area contributed by atoms with Gasteiger partial charge in [-0.05, 0) is 37.5 Å². The molecule has 0 aliphatic carbocycles. The van der Waals surface area contributed by atoms with E-state index in [2.05, 4.69) is 10.6 Å². The lowest BCUT2D eigenvalue weighted by atomic mass is 10.1. The van der Waals surface area contributed by atoms with Crippen molar-refractivity contribution in [3.63, 3.8) is 0 Å². The quantitative estimate of drug-likeness (QED) is 0.886. The molecule has 5 nitrogen and oxygen atoms in total. The molecular formula is C15H19Cl2N3O2. The van der Waals surface area contributed by atoms with E-state index in [4.69, 9.17) is 23.2 Å². The van der Waals surface area contributed by atoms with Crippen LogP contribution in [0.15, 0.2) is 18.2 Å². The van der Waals surface area contributed by atoms with Crippen LogP contribution in [0.4, 0.5) is 4.79 Å². The van der Waals surface area contributed by atoms with E-state index in [0.717, 1.165) is 12.0 Å². The van der Waals surface area contributed by atoms with E-state index in [9.17, 15) is 9.59 Å². The SMILES string of the molecule is CNC(=O)[C@@H]1CCCN1C(=O)N[C@H](C)c1ccc(Cl)cc1Cl. The van der Waals surface area contributed by atoms with Gasteiger partial charge < -0.3 is 15.5 Å². The third-order valence-electron chi connectivity index (χ3n) is 3.83. The maximum Gasteiger partial charge on any atom is 0.318 e. The molecule has 0 saturated carbocycles. The molecule has 1 heterocycles. The average molecular weight is 344 g/mol. The maximum absolute atomic E-state index is 12.4. The molecule has 120 valence electrons. The van der Waals surface area contributed by atoms with Crippen molar-refractivity contribution in [2.75, 3.05) is 13.6 Å². The number of carbonyl (C=O) groups is 2. The Balaban J connectivity index is 2.06. The van der Waals surface area contributed by atoms with Gasteiger partial charge in [-0.2, -0.15) is 0 Å². The molecule has 2 atom stereocenters. The summed E-state index contributed by atoms with van der Waals surface area (Å²) in [6, 6.07) is 4.22. The van der Waals surface area contributed by atoms with Crippen LogP contribution in [-0.2, 0) is 4.79 Å². The number of likely N-dealkylation sites (N-methyl/N-ethyl adjacent to an activating group) is 1. The molecule has 1 fully saturated rings. The Hall–Kier alpha value is -1.46. The number of rotatable bonds is 3. The fourth-order valence-corrected chi connectivity index (χ4v) is 3.22. The van der Waals surface area contributed by atoms with Crippen LogP contribution in [0.5, 0.6) is 0 Å². The molecule has 0 radical (unpaired) electrons. The number of nitrogens with one attached hydrogen (secondary N) is 2. The van der Waals surface area contributed by atoms with Gasteiger partial charge in [0.1, 0.15) is 6.04 Å². The molecule has 1 aliphatic heterocycles. The molecule has 22 heavy (non-hydrogen) atoms. The molecule has 2 N–H and O–H groups in total. The molecule has 1 aromatic carbocycles. The zero-order valence-electron chi connectivity index (χ0n) is 12.5. The van der Waals surface area contributed by atoms with Crippen LogP contribution in [0.2, 0.25) is 10.0 Å². The van der Waals surface area contributed by atoms with Gasteiger partial charge in [0.2, 0.25) is 5.91 Å². The van der Waals surface area contributed by atoms with Gasteiger partial charge in [0.15, 0.2) is 0 Å². The van der Waals surface area contributed by atoms with Crippen LogP contribution in [0.3, 0.4) is 0 Å². The molecule has 3 amide bonds. The topological polar surface area (TPSA) is 61.4 Å². The van der Waals surface area contributed by atoms with Crippen molar-refractivity contribution < 1.29 is 9.59 Å². The molecular weight excluding hydrogens is 325 g/mol. The van der Waals surface area contributed by atoms with Crippen molar-refractivity contribution in [3.8, 4) is 0 Å². The monoisotopic (exact) mass is 343 g/mol. The Kier molecular flexibility index (Phi) is 5.53. The number of benzene rings is 1. The van der Waals surface area contributed by atoms with Crippen LogP contribution in [0.1, 0.15) is 31.4 Å². The fourth-order valence-electron chi connectivity index (χ4n) is 2.65. The molecule has 0 spiro atoms. The zero-order valence-corrected chi connectivity index (χ0v) is 14.0. The van der Waals surface area contributed by atoms with E-state index in [-0.39, 0.29) is 18.0 Å². The lowest BCUT2D eigenvalue weighted by Gasteiger charge is -2.26. The van der Waals surface area contributed by atoms with E-state index in [1.807, 2.05) is 6.92 Å². The van der Waals surface area contributed by atoms with Crippen molar-refractivity contribution in [2.24, 2.45) is 0 Å². The Morgan fingerprint density at radius 3 is 2.73 bits per heavy atom. The Bertz CT molecular complexity index is 580. The average Bonchev–Trinajstić information content (AvgIpc) is 2.95. The van der Waals surface area contributed by atoms with Gasteiger partial charge in [-0.3, -0.25) is 4.79 Å². The van der Waals surface area contributed by atoms with Crippen molar-refractivity contribution >= 4 is 35.1 Å². The second-order valence-corrected chi connectivity index (χ2v) is 6.15. The van der Waals surface area contributed by atoms with Crippen molar-refractivity contribution in [1.82, 2.24) is 15.5 Å². The van der Waals surface area contributed by atoms with Gasteiger partial charge in [0, 0.05) is 23.6 Å². The second kappa shape index (κ2) is 7.20. The molecule has 0 unspecified atom stereocenters.